The largest absolute Gasteiger partial charge is 0.440 e. The molecule has 0 radical (unpaired) electrons. The standard InChI is InChI=1S/C21H24ClNO/c1-14(2)11-12-23(4)21-20(16-6-8-17(22)9-7-16)18-13-15(3)5-10-19(18)24-21/h5-10,13-14H,11-12H2,1-4H3. The van der Waals surface area contributed by atoms with Gasteiger partial charge in [-0.1, -0.05) is 49.2 Å². The molecule has 0 saturated heterocycles. The summed E-state index contributed by atoms with van der Waals surface area (Å²) in [4.78, 5) is 2.22. The van der Waals surface area contributed by atoms with Crippen molar-refractivity contribution in [3.05, 3.63) is 53.1 Å². The highest BCUT2D eigenvalue weighted by molar-refractivity contribution is 6.30. The predicted octanol–water partition coefficient (Wildman–Crippen LogP) is 6.54. The van der Waals surface area contributed by atoms with Crippen molar-refractivity contribution in [3.63, 3.8) is 0 Å². The van der Waals surface area contributed by atoms with Crippen LogP contribution in [0.4, 0.5) is 5.88 Å². The van der Waals surface area contributed by atoms with E-state index < -0.39 is 0 Å². The lowest BCUT2D eigenvalue weighted by Crippen LogP contribution is -2.19. The SMILES string of the molecule is Cc1ccc2oc(N(C)CCC(C)C)c(-c3ccc(Cl)cc3)c2c1. The molecular formula is C21H24ClNO. The number of fused-ring (bicyclic) bond motifs is 1. The number of hydrogen-bond donors (Lipinski definition) is 0. The molecule has 3 heteroatoms. The van der Waals surface area contributed by atoms with Gasteiger partial charge in [-0.25, -0.2) is 0 Å². The fourth-order valence-corrected chi connectivity index (χ4v) is 3.04. The van der Waals surface area contributed by atoms with E-state index in [0.717, 1.165) is 46.0 Å². The lowest BCUT2D eigenvalue weighted by atomic mass is 10.0. The Kier molecular flexibility index (Phi) is 4.86. The van der Waals surface area contributed by atoms with Gasteiger partial charge in [-0.3, -0.25) is 0 Å². The second-order valence-electron chi connectivity index (χ2n) is 6.89. The first kappa shape index (κ1) is 16.9. The molecular weight excluding hydrogens is 318 g/mol. The molecule has 0 N–H and O–H groups in total. The molecule has 3 rings (SSSR count). The second kappa shape index (κ2) is 6.90. The fraction of sp³-hybridized carbons (Fsp3) is 0.333. The number of rotatable bonds is 5. The average molecular weight is 342 g/mol. The molecule has 0 spiro atoms. The Morgan fingerprint density at radius 2 is 1.79 bits per heavy atom. The highest BCUT2D eigenvalue weighted by atomic mass is 35.5. The summed E-state index contributed by atoms with van der Waals surface area (Å²) >= 11 is 6.07. The number of aryl methyl sites for hydroxylation is 1. The zero-order chi connectivity index (χ0) is 17.3. The van der Waals surface area contributed by atoms with Gasteiger partial charge >= 0.3 is 0 Å². The van der Waals surface area contributed by atoms with Gasteiger partial charge in [-0.05, 0) is 49.1 Å². The highest BCUT2D eigenvalue weighted by Gasteiger charge is 2.19. The van der Waals surface area contributed by atoms with Gasteiger partial charge in [0.1, 0.15) is 5.58 Å². The van der Waals surface area contributed by atoms with Crippen LogP contribution in [0.25, 0.3) is 22.1 Å². The molecule has 0 aliphatic heterocycles. The number of benzene rings is 2. The lowest BCUT2D eigenvalue weighted by Gasteiger charge is -2.19. The van der Waals surface area contributed by atoms with E-state index in [1.807, 2.05) is 12.1 Å². The van der Waals surface area contributed by atoms with E-state index in [2.05, 4.69) is 63.1 Å². The Morgan fingerprint density at radius 3 is 2.46 bits per heavy atom. The van der Waals surface area contributed by atoms with Crippen molar-refractivity contribution in [1.82, 2.24) is 0 Å². The third-order valence-corrected chi connectivity index (χ3v) is 4.60. The minimum absolute atomic E-state index is 0.665. The summed E-state index contributed by atoms with van der Waals surface area (Å²) in [6, 6.07) is 14.3. The van der Waals surface area contributed by atoms with Crippen molar-refractivity contribution in [1.29, 1.82) is 0 Å². The Labute approximate surface area is 149 Å². The second-order valence-corrected chi connectivity index (χ2v) is 7.33. The molecule has 0 bridgehead atoms. The summed E-state index contributed by atoms with van der Waals surface area (Å²) in [5.41, 5.74) is 4.44. The average Bonchev–Trinajstić information content (AvgIpc) is 2.92. The van der Waals surface area contributed by atoms with Gasteiger partial charge in [-0.15, -0.1) is 0 Å². The molecule has 2 aromatic carbocycles. The van der Waals surface area contributed by atoms with Gasteiger partial charge in [0, 0.05) is 24.0 Å². The summed E-state index contributed by atoms with van der Waals surface area (Å²) in [5, 5.41) is 1.90. The molecule has 0 aliphatic rings. The van der Waals surface area contributed by atoms with E-state index in [1.54, 1.807) is 0 Å². The van der Waals surface area contributed by atoms with Gasteiger partial charge in [0.15, 0.2) is 0 Å². The topological polar surface area (TPSA) is 16.4 Å². The first-order chi connectivity index (χ1) is 11.5. The van der Waals surface area contributed by atoms with E-state index in [1.165, 1.54) is 5.56 Å². The van der Waals surface area contributed by atoms with Crippen LogP contribution in [0.3, 0.4) is 0 Å². The van der Waals surface area contributed by atoms with E-state index in [4.69, 9.17) is 16.0 Å². The molecule has 3 aromatic rings. The maximum Gasteiger partial charge on any atom is 0.204 e. The zero-order valence-corrected chi connectivity index (χ0v) is 15.5. The first-order valence-corrected chi connectivity index (χ1v) is 8.83. The third kappa shape index (κ3) is 3.44. The summed E-state index contributed by atoms with van der Waals surface area (Å²) < 4.78 is 6.23. The Morgan fingerprint density at radius 1 is 1.08 bits per heavy atom. The molecule has 2 nitrogen and oxygen atoms in total. The van der Waals surface area contributed by atoms with Gasteiger partial charge in [0.05, 0.1) is 5.56 Å². The number of nitrogens with zero attached hydrogens (tertiary/aromatic N) is 1. The minimum atomic E-state index is 0.665. The molecule has 0 atom stereocenters. The lowest BCUT2D eigenvalue weighted by molar-refractivity contribution is 0.550. The van der Waals surface area contributed by atoms with Crippen molar-refractivity contribution >= 4 is 28.5 Å². The molecule has 0 amide bonds. The molecule has 126 valence electrons. The molecule has 0 fully saturated rings. The van der Waals surface area contributed by atoms with Gasteiger partial charge < -0.3 is 9.32 Å². The predicted molar refractivity (Wildman–Crippen MR) is 104 cm³/mol. The normalized spacial score (nSPS) is 11.4. The van der Waals surface area contributed by atoms with Crippen molar-refractivity contribution in [3.8, 4) is 11.1 Å². The summed E-state index contributed by atoms with van der Waals surface area (Å²) in [5.74, 6) is 1.59. The Balaban J connectivity index is 2.13. The van der Waals surface area contributed by atoms with Crippen molar-refractivity contribution < 1.29 is 4.42 Å². The maximum absolute atomic E-state index is 6.23. The number of furan rings is 1. The van der Waals surface area contributed by atoms with Crippen molar-refractivity contribution in [2.45, 2.75) is 27.2 Å². The number of hydrogen-bond acceptors (Lipinski definition) is 2. The van der Waals surface area contributed by atoms with Gasteiger partial charge in [0.2, 0.25) is 5.88 Å². The van der Waals surface area contributed by atoms with Crippen LogP contribution in [0.2, 0.25) is 5.02 Å². The van der Waals surface area contributed by atoms with Crippen molar-refractivity contribution in [2.75, 3.05) is 18.5 Å². The highest BCUT2D eigenvalue weighted by Crippen LogP contribution is 2.41. The third-order valence-electron chi connectivity index (χ3n) is 4.35. The molecule has 1 heterocycles. The molecule has 0 saturated carbocycles. The molecule has 24 heavy (non-hydrogen) atoms. The quantitative estimate of drug-likeness (QED) is 0.523. The molecule has 1 aromatic heterocycles. The van der Waals surface area contributed by atoms with E-state index >= 15 is 0 Å². The first-order valence-electron chi connectivity index (χ1n) is 8.46. The van der Waals surface area contributed by atoms with Gasteiger partial charge in [0.25, 0.3) is 0 Å². The van der Waals surface area contributed by atoms with E-state index in [9.17, 15) is 0 Å². The maximum atomic E-state index is 6.23. The van der Waals surface area contributed by atoms with Crippen LogP contribution in [0.5, 0.6) is 0 Å². The van der Waals surface area contributed by atoms with Crippen LogP contribution in [0.1, 0.15) is 25.8 Å². The fourth-order valence-electron chi connectivity index (χ4n) is 2.92. The van der Waals surface area contributed by atoms with Crippen LogP contribution in [0.15, 0.2) is 46.9 Å². The van der Waals surface area contributed by atoms with Crippen molar-refractivity contribution in [2.24, 2.45) is 5.92 Å². The minimum Gasteiger partial charge on any atom is -0.440 e. The van der Waals surface area contributed by atoms with Gasteiger partial charge in [-0.2, -0.15) is 0 Å². The molecule has 0 aliphatic carbocycles. The van der Waals surface area contributed by atoms with E-state index in [0.29, 0.717) is 5.92 Å². The summed E-state index contributed by atoms with van der Waals surface area (Å²) in [7, 11) is 2.10. The van der Waals surface area contributed by atoms with Crippen LogP contribution in [-0.4, -0.2) is 13.6 Å². The van der Waals surface area contributed by atoms with Crippen LogP contribution in [-0.2, 0) is 0 Å². The monoisotopic (exact) mass is 341 g/mol. The Bertz CT molecular complexity index is 833. The van der Waals surface area contributed by atoms with Crippen LogP contribution in [0, 0.1) is 12.8 Å². The Hall–Kier alpha value is -1.93. The van der Waals surface area contributed by atoms with Crippen LogP contribution >= 0.6 is 11.6 Å². The number of halogens is 1. The van der Waals surface area contributed by atoms with Crippen LogP contribution < -0.4 is 4.90 Å². The zero-order valence-electron chi connectivity index (χ0n) is 14.8. The smallest absolute Gasteiger partial charge is 0.204 e. The number of anilines is 1. The summed E-state index contributed by atoms with van der Waals surface area (Å²) in [6.07, 6.45) is 1.13. The molecule has 0 unspecified atom stereocenters. The van der Waals surface area contributed by atoms with E-state index in [-0.39, 0.29) is 0 Å². The summed E-state index contributed by atoms with van der Waals surface area (Å²) in [6.45, 7) is 7.57.